The summed E-state index contributed by atoms with van der Waals surface area (Å²) in [4.78, 5) is 0. The molecule has 1 aliphatic carbocycles. The van der Waals surface area contributed by atoms with E-state index in [0.717, 1.165) is 38.5 Å². The third-order valence-electron chi connectivity index (χ3n) is 10.1. The molecule has 0 amide bonds. The molecule has 2 aliphatic heterocycles. The van der Waals surface area contributed by atoms with Crippen molar-refractivity contribution in [2.24, 2.45) is 23.5 Å². The van der Waals surface area contributed by atoms with E-state index in [0.29, 0.717) is 6.61 Å². The molecule has 11 heteroatoms. The molecule has 0 bridgehead atoms. The summed E-state index contributed by atoms with van der Waals surface area (Å²) in [7, 11) is -1.89. The maximum Gasteiger partial charge on any atom is 0.191 e. The maximum atomic E-state index is 11.8. The van der Waals surface area contributed by atoms with Crippen molar-refractivity contribution in [3.05, 3.63) is 0 Å². The normalized spacial score (nSPS) is 42.8. The third-order valence-corrected chi connectivity index (χ3v) is 14.6. The molecule has 10 nitrogen and oxygen atoms in total. The zero-order valence-electron chi connectivity index (χ0n) is 26.6. The van der Waals surface area contributed by atoms with Crippen molar-refractivity contribution in [3.63, 3.8) is 0 Å². The van der Waals surface area contributed by atoms with E-state index in [1.165, 1.54) is 0 Å². The van der Waals surface area contributed by atoms with Crippen molar-refractivity contribution in [2.75, 3.05) is 13.2 Å². The van der Waals surface area contributed by atoms with Crippen LogP contribution in [0.25, 0.3) is 0 Å². The molecule has 0 aromatic rings. The first-order valence-corrected chi connectivity index (χ1v) is 18.7. The van der Waals surface area contributed by atoms with Gasteiger partial charge < -0.3 is 49.5 Å². The molecule has 3 aliphatic rings. The zero-order valence-corrected chi connectivity index (χ0v) is 27.6. The molecule has 0 spiro atoms. The molecule has 3 fully saturated rings. The summed E-state index contributed by atoms with van der Waals surface area (Å²) >= 11 is 0. The van der Waals surface area contributed by atoms with Crippen molar-refractivity contribution in [1.29, 1.82) is 0 Å². The fourth-order valence-electron chi connectivity index (χ4n) is 6.11. The van der Waals surface area contributed by atoms with E-state index in [1.807, 2.05) is 0 Å². The van der Waals surface area contributed by atoms with Crippen LogP contribution in [0.3, 0.4) is 0 Å². The Morgan fingerprint density at radius 2 is 1.56 bits per heavy atom. The minimum atomic E-state index is -1.89. The molecule has 1 saturated carbocycles. The van der Waals surface area contributed by atoms with Crippen LogP contribution in [-0.2, 0) is 23.4 Å². The van der Waals surface area contributed by atoms with Gasteiger partial charge in [-0.15, -0.1) is 0 Å². The highest BCUT2D eigenvalue weighted by Crippen LogP contribution is 2.41. The third kappa shape index (κ3) is 8.51. The minimum absolute atomic E-state index is 0.0421. The van der Waals surface area contributed by atoms with Crippen LogP contribution < -0.4 is 5.73 Å². The highest BCUT2D eigenvalue weighted by molar-refractivity contribution is 6.74. The molecule has 0 aromatic carbocycles. The van der Waals surface area contributed by atoms with E-state index in [2.05, 4.69) is 54.6 Å². The quantitative estimate of drug-likeness (QED) is 0.176. The molecular weight excluding hydrogens is 546 g/mol. The monoisotopic (exact) mass is 605 g/mol. The molecule has 242 valence electrons. The Hall–Kier alpha value is -0.183. The highest BCUT2D eigenvalue weighted by atomic mass is 28.4. The fourth-order valence-corrected chi connectivity index (χ4v) is 7.19. The van der Waals surface area contributed by atoms with E-state index in [4.69, 9.17) is 29.1 Å². The number of nitrogens with two attached hydrogens (primary N) is 1. The topological polar surface area (TPSA) is 153 Å². The van der Waals surface area contributed by atoms with Crippen LogP contribution in [0.5, 0.6) is 0 Å². The molecule has 2 unspecified atom stereocenters. The summed E-state index contributed by atoms with van der Waals surface area (Å²) in [6, 6.07) is -1.06. The van der Waals surface area contributed by atoms with Crippen LogP contribution in [0, 0.1) is 17.8 Å². The summed E-state index contributed by atoms with van der Waals surface area (Å²) in [5.74, 6) is 0.193. The van der Waals surface area contributed by atoms with Gasteiger partial charge in [-0.05, 0) is 68.5 Å². The number of rotatable bonds is 11. The van der Waals surface area contributed by atoms with Crippen LogP contribution >= 0.6 is 0 Å². The molecule has 6 N–H and O–H groups in total. The van der Waals surface area contributed by atoms with Crippen molar-refractivity contribution >= 4 is 8.32 Å². The first-order chi connectivity index (χ1) is 19.1. The summed E-state index contributed by atoms with van der Waals surface area (Å²) in [5.41, 5.74) is 6.05. The van der Waals surface area contributed by atoms with Crippen LogP contribution in [0.2, 0.25) is 18.1 Å². The lowest BCUT2D eigenvalue weighted by atomic mass is 9.74. The average Bonchev–Trinajstić information content (AvgIpc) is 2.91. The Kier molecular flexibility index (Phi) is 12.7. The van der Waals surface area contributed by atoms with Crippen molar-refractivity contribution in [1.82, 2.24) is 0 Å². The number of aliphatic hydroxyl groups is 4. The largest absolute Gasteiger partial charge is 0.417 e. The molecular formula is C30H59NO9Si. The Bertz CT molecular complexity index is 796. The number of aliphatic hydroxyl groups excluding tert-OH is 4. The first-order valence-electron chi connectivity index (χ1n) is 15.8. The Labute approximate surface area is 248 Å². The van der Waals surface area contributed by atoms with E-state index in [9.17, 15) is 20.4 Å². The van der Waals surface area contributed by atoms with E-state index < -0.39 is 70.2 Å². The predicted octanol–water partition coefficient (Wildman–Crippen LogP) is 2.89. The van der Waals surface area contributed by atoms with Gasteiger partial charge in [0.15, 0.2) is 20.9 Å². The zero-order chi connectivity index (χ0) is 30.7. The lowest BCUT2D eigenvalue weighted by molar-refractivity contribution is -0.323. The molecule has 2 saturated heterocycles. The van der Waals surface area contributed by atoms with Gasteiger partial charge in [0, 0.05) is 12.5 Å². The van der Waals surface area contributed by atoms with E-state index in [-0.39, 0.29) is 28.9 Å². The van der Waals surface area contributed by atoms with Gasteiger partial charge in [0.25, 0.3) is 0 Å². The second kappa shape index (κ2) is 14.7. The summed E-state index contributed by atoms with van der Waals surface area (Å²) in [6.07, 6.45) is -2.08. The molecule has 13 atom stereocenters. The maximum absolute atomic E-state index is 11.8. The molecule has 2 heterocycles. The summed E-state index contributed by atoms with van der Waals surface area (Å²) < 4.78 is 31.2. The summed E-state index contributed by atoms with van der Waals surface area (Å²) in [5, 5.41) is 42.7. The van der Waals surface area contributed by atoms with E-state index >= 15 is 0 Å². The standard InChI is InChI=1S/C30H59NO9Si/c1-9-20-13-12-17(2)28(37-20)39-26-18(3)15-19(11-10-14-36-41(7,8)30(4,5)6)27(25(26)35)40-29-24(34)22(31)23(33)21(16-32)38-29/h17-29,32-35H,9-16,31H2,1-8H3/t17?,18-,19+,20+,21+,22-,23+,24+,25-,26?,27-,28+,29+/m0/s1. The Morgan fingerprint density at radius 1 is 0.902 bits per heavy atom. The second-order valence-electron chi connectivity index (χ2n) is 14.3. The second-order valence-corrected chi connectivity index (χ2v) is 19.1. The Morgan fingerprint density at radius 3 is 2.17 bits per heavy atom. The van der Waals surface area contributed by atoms with Crippen molar-refractivity contribution in [2.45, 2.75) is 160 Å². The first kappa shape index (κ1) is 35.3. The van der Waals surface area contributed by atoms with Gasteiger partial charge in [-0.2, -0.15) is 0 Å². The number of hydrogen-bond donors (Lipinski definition) is 5. The van der Waals surface area contributed by atoms with Crippen LogP contribution in [0.15, 0.2) is 0 Å². The van der Waals surface area contributed by atoms with E-state index in [1.54, 1.807) is 0 Å². The van der Waals surface area contributed by atoms with Gasteiger partial charge in [-0.3, -0.25) is 0 Å². The smallest absolute Gasteiger partial charge is 0.191 e. The van der Waals surface area contributed by atoms with Crippen LogP contribution in [-0.4, -0.2) is 103 Å². The molecule has 41 heavy (non-hydrogen) atoms. The number of ether oxygens (including phenoxy) is 4. The summed E-state index contributed by atoms with van der Waals surface area (Å²) in [6.45, 7) is 17.6. The molecule has 0 radical (unpaired) electrons. The molecule has 3 rings (SSSR count). The van der Waals surface area contributed by atoms with Gasteiger partial charge in [-0.25, -0.2) is 0 Å². The Balaban J connectivity index is 1.76. The highest BCUT2D eigenvalue weighted by Gasteiger charge is 2.50. The van der Waals surface area contributed by atoms with Gasteiger partial charge in [0.05, 0.1) is 31.0 Å². The van der Waals surface area contributed by atoms with Crippen molar-refractivity contribution in [3.8, 4) is 0 Å². The van der Waals surface area contributed by atoms with Gasteiger partial charge >= 0.3 is 0 Å². The van der Waals surface area contributed by atoms with Crippen LogP contribution in [0.4, 0.5) is 0 Å². The minimum Gasteiger partial charge on any atom is -0.417 e. The lowest BCUT2D eigenvalue weighted by Crippen LogP contribution is -2.64. The fraction of sp³-hybridized carbons (Fsp3) is 1.00. The van der Waals surface area contributed by atoms with Gasteiger partial charge in [0.1, 0.15) is 24.4 Å². The van der Waals surface area contributed by atoms with Gasteiger partial charge in [0.2, 0.25) is 0 Å². The lowest BCUT2D eigenvalue weighted by Gasteiger charge is -2.48. The average molecular weight is 606 g/mol. The van der Waals surface area contributed by atoms with Crippen LogP contribution in [0.1, 0.15) is 80.1 Å². The predicted molar refractivity (Wildman–Crippen MR) is 158 cm³/mol. The number of hydrogen-bond acceptors (Lipinski definition) is 10. The molecule has 0 aromatic heterocycles. The van der Waals surface area contributed by atoms with Gasteiger partial charge in [-0.1, -0.05) is 41.5 Å². The SMILES string of the molecule is CC[C@@H]1CCC(C)[C@@H](OC2[C@@H](C)C[C@@H](CCCO[Si](C)(C)C(C)(C)C)[C@H](O[C@H]3O[C@H](CO)[C@@H](O)[C@H](N)[C@H]3O)[C@H]2O)O1. The van der Waals surface area contributed by atoms with Crippen molar-refractivity contribution < 1.29 is 43.8 Å².